The standard InChI is InChI=1S/C10H14BrN3O2S/c1-13-5-7-3-9(11)4-8(10(7)12)6-14-17(2,15)16/h3-5,14H,6,12H2,1-2H3. The molecular weight excluding hydrogens is 306 g/mol. The van der Waals surface area contributed by atoms with E-state index in [4.69, 9.17) is 5.73 Å². The van der Waals surface area contributed by atoms with E-state index in [1.165, 1.54) is 0 Å². The molecular formula is C10H14BrN3O2S. The molecule has 0 fully saturated rings. The van der Waals surface area contributed by atoms with Crippen LogP contribution in [0.1, 0.15) is 11.1 Å². The zero-order chi connectivity index (χ0) is 13.1. The van der Waals surface area contributed by atoms with E-state index < -0.39 is 10.0 Å². The number of hydrogen-bond donors (Lipinski definition) is 2. The molecule has 0 aliphatic rings. The predicted molar refractivity (Wildman–Crippen MR) is 73.8 cm³/mol. The highest BCUT2D eigenvalue weighted by Crippen LogP contribution is 2.22. The van der Waals surface area contributed by atoms with E-state index in [0.717, 1.165) is 16.3 Å². The van der Waals surface area contributed by atoms with Gasteiger partial charge < -0.3 is 5.73 Å². The van der Waals surface area contributed by atoms with E-state index in [1.54, 1.807) is 19.3 Å². The number of aliphatic imine (C=N–C) groups is 1. The number of nitrogens with two attached hydrogens (primary N) is 1. The second-order valence-corrected chi connectivity index (χ2v) is 6.30. The molecule has 7 heteroatoms. The van der Waals surface area contributed by atoms with E-state index in [1.807, 2.05) is 6.07 Å². The largest absolute Gasteiger partial charge is 0.398 e. The van der Waals surface area contributed by atoms with Crippen molar-refractivity contribution in [3.05, 3.63) is 27.7 Å². The average molecular weight is 320 g/mol. The number of nitrogens with one attached hydrogen (secondary N) is 1. The van der Waals surface area contributed by atoms with Gasteiger partial charge in [0.15, 0.2) is 0 Å². The number of anilines is 1. The molecule has 0 atom stereocenters. The molecule has 0 bridgehead atoms. The smallest absolute Gasteiger partial charge is 0.209 e. The van der Waals surface area contributed by atoms with Crippen LogP contribution in [0.15, 0.2) is 21.6 Å². The third-order valence-electron chi connectivity index (χ3n) is 2.06. The van der Waals surface area contributed by atoms with Crippen molar-refractivity contribution in [2.24, 2.45) is 4.99 Å². The van der Waals surface area contributed by atoms with Crippen LogP contribution in [0.4, 0.5) is 5.69 Å². The quantitative estimate of drug-likeness (QED) is 0.644. The van der Waals surface area contributed by atoms with E-state index in [-0.39, 0.29) is 6.54 Å². The van der Waals surface area contributed by atoms with Gasteiger partial charge in [0.25, 0.3) is 0 Å². The Labute approximate surface area is 109 Å². The Balaban J connectivity index is 3.07. The Morgan fingerprint density at radius 1 is 1.53 bits per heavy atom. The Morgan fingerprint density at radius 2 is 2.18 bits per heavy atom. The normalized spacial score (nSPS) is 12.2. The van der Waals surface area contributed by atoms with Crippen LogP contribution in [0.3, 0.4) is 0 Å². The molecule has 0 saturated heterocycles. The molecule has 0 aliphatic heterocycles. The van der Waals surface area contributed by atoms with Gasteiger partial charge in [0, 0.05) is 35.5 Å². The van der Waals surface area contributed by atoms with Gasteiger partial charge in [-0.25, -0.2) is 13.1 Å². The second kappa shape index (κ2) is 5.61. The van der Waals surface area contributed by atoms with Crippen molar-refractivity contribution in [2.45, 2.75) is 6.54 Å². The van der Waals surface area contributed by atoms with Gasteiger partial charge in [-0.2, -0.15) is 0 Å². The number of nitrogens with zero attached hydrogens (tertiary/aromatic N) is 1. The summed E-state index contributed by atoms with van der Waals surface area (Å²) in [7, 11) is -1.58. The van der Waals surface area contributed by atoms with Crippen molar-refractivity contribution in [1.29, 1.82) is 0 Å². The minimum atomic E-state index is -3.23. The summed E-state index contributed by atoms with van der Waals surface area (Å²) in [5, 5.41) is 0. The minimum Gasteiger partial charge on any atom is -0.398 e. The lowest BCUT2D eigenvalue weighted by molar-refractivity contribution is 0.587. The fourth-order valence-corrected chi connectivity index (χ4v) is 2.24. The third-order valence-corrected chi connectivity index (χ3v) is 3.18. The molecule has 1 aromatic carbocycles. The van der Waals surface area contributed by atoms with Crippen LogP contribution in [0.5, 0.6) is 0 Å². The average Bonchev–Trinajstić information content (AvgIpc) is 2.20. The van der Waals surface area contributed by atoms with Crippen LogP contribution in [0.2, 0.25) is 0 Å². The van der Waals surface area contributed by atoms with E-state index in [9.17, 15) is 8.42 Å². The molecule has 5 nitrogen and oxygen atoms in total. The van der Waals surface area contributed by atoms with Crippen LogP contribution in [-0.2, 0) is 16.6 Å². The van der Waals surface area contributed by atoms with Crippen molar-refractivity contribution in [2.75, 3.05) is 19.0 Å². The molecule has 3 N–H and O–H groups in total. The molecule has 0 aliphatic carbocycles. The molecule has 0 aromatic heterocycles. The van der Waals surface area contributed by atoms with E-state index in [0.29, 0.717) is 11.3 Å². The predicted octanol–water partition coefficient (Wildman–Crippen LogP) is 1.13. The van der Waals surface area contributed by atoms with Gasteiger partial charge in [0.2, 0.25) is 10.0 Å². The first-order chi connectivity index (χ1) is 7.83. The molecule has 94 valence electrons. The molecule has 0 saturated carbocycles. The maximum atomic E-state index is 11.0. The van der Waals surface area contributed by atoms with Crippen molar-refractivity contribution < 1.29 is 8.42 Å². The van der Waals surface area contributed by atoms with Crippen molar-refractivity contribution in [3.63, 3.8) is 0 Å². The van der Waals surface area contributed by atoms with Crippen LogP contribution in [0, 0.1) is 0 Å². The summed E-state index contributed by atoms with van der Waals surface area (Å²) in [5.74, 6) is 0. The third kappa shape index (κ3) is 4.45. The summed E-state index contributed by atoms with van der Waals surface area (Å²) < 4.78 is 25.3. The van der Waals surface area contributed by atoms with Crippen LogP contribution >= 0.6 is 15.9 Å². The summed E-state index contributed by atoms with van der Waals surface area (Å²) in [6.45, 7) is 0.161. The summed E-state index contributed by atoms with van der Waals surface area (Å²) >= 11 is 3.34. The van der Waals surface area contributed by atoms with Crippen molar-refractivity contribution in [3.8, 4) is 0 Å². The summed E-state index contributed by atoms with van der Waals surface area (Å²) in [4.78, 5) is 3.89. The maximum absolute atomic E-state index is 11.0. The number of hydrogen-bond acceptors (Lipinski definition) is 4. The lowest BCUT2D eigenvalue weighted by Gasteiger charge is -2.10. The van der Waals surface area contributed by atoms with Gasteiger partial charge in [-0.05, 0) is 17.7 Å². The first-order valence-corrected chi connectivity index (χ1v) is 7.46. The van der Waals surface area contributed by atoms with Crippen molar-refractivity contribution >= 4 is 37.9 Å². The fourth-order valence-electron chi connectivity index (χ4n) is 1.30. The first kappa shape index (κ1) is 14.1. The molecule has 0 spiro atoms. The molecule has 17 heavy (non-hydrogen) atoms. The fraction of sp³-hybridized carbons (Fsp3) is 0.300. The summed E-state index contributed by atoms with van der Waals surface area (Å²) in [6, 6.07) is 3.60. The number of rotatable bonds is 4. The van der Waals surface area contributed by atoms with Gasteiger partial charge in [-0.3, -0.25) is 4.99 Å². The molecule has 0 amide bonds. The van der Waals surface area contributed by atoms with E-state index in [2.05, 4.69) is 25.6 Å². The van der Waals surface area contributed by atoms with Crippen molar-refractivity contribution in [1.82, 2.24) is 4.72 Å². The topological polar surface area (TPSA) is 84.5 Å². The molecule has 1 aromatic rings. The SMILES string of the molecule is CN=Cc1cc(Br)cc(CNS(C)(=O)=O)c1N. The van der Waals surface area contributed by atoms with Gasteiger partial charge >= 0.3 is 0 Å². The molecule has 1 rings (SSSR count). The zero-order valence-electron chi connectivity index (χ0n) is 9.57. The minimum absolute atomic E-state index is 0.161. The second-order valence-electron chi connectivity index (χ2n) is 3.55. The van der Waals surface area contributed by atoms with Gasteiger partial charge in [-0.1, -0.05) is 15.9 Å². The summed E-state index contributed by atoms with van der Waals surface area (Å²) in [5.41, 5.74) is 7.91. The first-order valence-electron chi connectivity index (χ1n) is 4.78. The van der Waals surface area contributed by atoms with Gasteiger partial charge in [0.05, 0.1) is 6.26 Å². The number of sulfonamides is 1. The maximum Gasteiger partial charge on any atom is 0.209 e. The molecule has 0 heterocycles. The Hall–Kier alpha value is -0.920. The molecule has 0 unspecified atom stereocenters. The van der Waals surface area contributed by atoms with Crippen LogP contribution in [-0.4, -0.2) is 27.9 Å². The summed E-state index contributed by atoms with van der Waals surface area (Å²) in [6.07, 6.45) is 2.74. The van der Waals surface area contributed by atoms with Gasteiger partial charge in [0.1, 0.15) is 0 Å². The molecule has 0 radical (unpaired) electrons. The van der Waals surface area contributed by atoms with Crippen LogP contribution < -0.4 is 10.5 Å². The van der Waals surface area contributed by atoms with Gasteiger partial charge in [-0.15, -0.1) is 0 Å². The number of nitrogen functional groups attached to an aromatic ring is 1. The lowest BCUT2D eigenvalue weighted by atomic mass is 10.1. The monoisotopic (exact) mass is 319 g/mol. The Kier molecular flexibility index (Phi) is 4.67. The zero-order valence-corrected chi connectivity index (χ0v) is 12.0. The Morgan fingerprint density at radius 3 is 2.71 bits per heavy atom. The highest BCUT2D eigenvalue weighted by Gasteiger charge is 2.08. The number of benzene rings is 1. The highest BCUT2D eigenvalue weighted by atomic mass is 79.9. The number of halogens is 1. The van der Waals surface area contributed by atoms with E-state index >= 15 is 0 Å². The lowest BCUT2D eigenvalue weighted by Crippen LogP contribution is -2.22. The van der Waals surface area contributed by atoms with Crippen LogP contribution in [0.25, 0.3) is 0 Å². The highest BCUT2D eigenvalue weighted by molar-refractivity contribution is 9.10. The Bertz CT molecular complexity index is 541.